The highest BCUT2D eigenvalue weighted by molar-refractivity contribution is 9.10. The van der Waals surface area contributed by atoms with E-state index in [4.69, 9.17) is 5.11 Å². The molecule has 1 aromatic heterocycles. The molecule has 1 aromatic rings. The Bertz CT molecular complexity index is 524. The first-order valence-electron chi connectivity index (χ1n) is 6.60. The Morgan fingerprint density at radius 1 is 1.52 bits per heavy atom. The summed E-state index contributed by atoms with van der Waals surface area (Å²) in [7, 11) is 0. The molecule has 0 saturated heterocycles. The summed E-state index contributed by atoms with van der Waals surface area (Å²) >= 11 is 3.25. The highest BCUT2D eigenvalue weighted by Crippen LogP contribution is 2.25. The number of carboxylic acid groups (broad SMARTS) is 1. The first-order chi connectivity index (χ1) is 9.81. The summed E-state index contributed by atoms with van der Waals surface area (Å²) in [5, 5.41) is 22.6. The van der Waals surface area contributed by atoms with Crippen molar-refractivity contribution in [3.8, 4) is 0 Å². The molecular weight excluding hydrogens is 342 g/mol. The topological polar surface area (TPSA) is 105 Å². The van der Waals surface area contributed by atoms with Crippen molar-refractivity contribution in [2.24, 2.45) is 5.92 Å². The van der Waals surface area contributed by atoms with Crippen LogP contribution in [-0.4, -0.2) is 27.0 Å². The van der Waals surface area contributed by atoms with Gasteiger partial charge in [0.15, 0.2) is 0 Å². The van der Waals surface area contributed by atoms with Crippen LogP contribution in [0.5, 0.6) is 0 Å². The molecule has 0 bridgehead atoms. The number of aromatic nitrogens is 1. The van der Waals surface area contributed by atoms with E-state index in [0.29, 0.717) is 16.7 Å². The van der Waals surface area contributed by atoms with Gasteiger partial charge in [-0.15, -0.1) is 0 Å². The SMILES string of the molecule is CC(CCCC(C)C(=O)O)Nc1ncc([N+](=O)[O-])cc1Br. The summed E-state index contributed by atoms with van der Waals surface area (Å²) in [5.74, 6) is -0.587. The summed E-state index contributed by atoms with van der Waals surface area (Å²) in [6.45, 7) is 3.65. The van der Waals surface area contributed by atoms with Gasteiger partial charge in [0.25, 0.3) is 5.69 Å². The number of aliphatic carboxylic acids is 1. The fraction of sp³-hybridized carbons (Fsp3) is 0.538. The molecular formula is C13H18BrN3O4. The van der Waals surface area contributed by atoms with Crippen molar-refractivity contribution in [2.75, 3.05) is 5.32 Å². The van der Waals surface area contributed by atoms with Crippen LogP contribution in [-0.2, 0) is 4.79 Å². The third-order valence-electron chi connectivity index (χ3n) is 3.12. The van der Waals surface area contributed by atoms with Crippen LogP contribution in [0, 0.1) is 16.0 Å². The van der Waals surface area contributed by atoms with E-state index in [9.17, 15) is 14.9 Å². The van der Waals surface area contributed by atoms with Crippen molar-refractivity contribution in [3.63, 3.8) is 0 Å². The molecule has 0 fully saturated rings. The maximum absolute atomic E-state index is 10.7. The van der Waals surface area contributed by atoms with Crippen molar-refractivity contribution in [2.45, 2.75) is 39.2 Å². The zero-order valence-electron chi connectivity index (χ0n) is 11.9. The highest BCUT2D eigenvalue weighted by Gasteiger charge is 2.14. The van der Waals surface area contributed by atoms with E-state index in [1.807, 2.05) is 6.92 Å². The third-order valence-corrected chi connectivity index (χ3v) is 3.72. The van der Waals surface area contributed by atoms with E-state index in [0.717, 1.165) is 12.8 Å². The number of anilines is 1. The van der Waals surface area contributed by atoms with Gasteiger partial charge in [-0.25, -0.2) is 4.98 Å². The zero-order valence-corrected chi connectivity index (χ0v) is 13.5. The average molecular weight is 360 g/mol. The Kier molecular flexibility index (Phi) is 6.54. The molecule has 0 radical (unpaired) electrons. The molecule has 0 aliphatic rings. The van der Waals surface area contributed by atoms with Gasteiger partial charge in [-0.2, -0.15) is 0 Å². The number of nitrogens with one attached hydrogen (secondary N) is 1. The van der Waals surface area contributed by atoms with Crippen molar-refractivity contribution in [1.82, 2.24) is 4.98 Å². The van der Waals surface area contributed by atoms with Gasteiger partial charge in [0.05, 0.1) is 15.3 Å². The molecule has 0 aliphatic carbocycles. The number of nitrogens with zero attached hydrogens (tertiary/aromatic N) is 2. The lowest BCUT2D eigenvalue weighted by atomic mass is 10.0. The molecule has 1 heterocycles. The summed E-state index contributed by atoms with van der Waals surface area (Å²) in [4.78, 5) is 24.8. The monoisotopic (exact) mass is 359 g/mol. The molecule has 2 N–H and O–H groups in total. The maximum atomic E-state index is 10.7. The second-order valence-electron chi connectivity index (χ2n) is 5.00. The van der Waals surface area contributed by atoms with E-state index in [1.165, 1.54) is 12.3 Å². The van der Waals surface area contributed by atoms with Crippen LogP contribution >= 0.6 is 15.9 Å². The van der Waals surface area contributed by atoms with Crippen LogP contribution in [0.3, 0.4) is 0 Å². The normalized spacial score (nSPS) is 13.5. The van der Waals surface area contributed by atoms with E-state index >= 15 is 0 Å². The molecule has 2 atom stereocenters. The molecule has 0 aromatic carbocycles. The third kappa shape index (κ3) is 5.66. The summed E-state index contributed by atoms with van der Waals surface area (Å²) in [5.41, 5.74) is -0.0737. The zero-order chi connectivity index (χ0) is 16.0. The Balaban J connectivity index is 2.49. The number of carboxylic acids is 1. The van der Waals surface area contributed by atoms with Gasteiger partial charge in [0, 0.05) is 12.1 Å². The fourth-order valence-electron chi connectivity index (χ4n) is 1.79. The molecule has 2 unspecified atom stereocenters. The summed E-state index contributed by atoms with van der Waals surface area (Å²) in [6.07, 6.45) is 3.40. The standard InChI is InChI=1S/C13H18BrN3O4/c1-8(13(18)19)4-3-5-9(2)16-12-11(14)6-10(7-15-12)17(20)21/h6-9H,3-5H2,1-2H3,(H,15,16)(H,18,19). The van der Waals surface area contributed by atoms with Crippen LogP contribution in [0.4, 0.5) is 11.5 Å². The highest BCUT2D eigenvalue weighted by atomic mass is 79.9. The Hall–Kier alpha value is -1.70. The maximum Gasteiger partial charge on any atom is 0.306 e. The average Bonchev–Trinajstić information content (AvgIpc) is 2.40. The number of halogens is 1. The second-order valence-corrected chi connectivity index (χ2v) is 5.85. The molecule has 8 heteroatoms. The van der Waals surface area contributed by atoms with Gasteiger partial charge >= 0.3 is 5.97 Å². The Morgan fingerprint density at radius 2 is 2.19 bits per heavy atom. The first kappa shape index (κ1) is 17.4. The van der Waals surface area contributed by atoms with Crippen LogP contribution < -0.4 is 5.32 Å². The van der Waals surface area contributed by atoms with Gasteiger partial charge in [0.1, 0.15) is 12.0 Å². The summed E-state index contributed by atoms with van der Waals surface area (Å²) < 4.78 is 0.530. The first-order valence-corrected chi connectivity index (χ1v) is 7.39. The van der Waals surface area contributed by atoms with Crippen LogP contribution in [0.1, 0.15) is 33.1 Å². The van der Waals surface area contributed by atoms with Crippen molar-refractivity contribution >= 4 is 33.4 Å². The Morgan fingerprint density at radius 3 is 2.71 bits per heavy atom. The molecule has 1 rings (SSSR count). The van der Waals surface area contributed by atoms with E-state index < -0.39 is 10.9 Å². The minimum atomic E-state index is -0.782. The van der Waals surface area contributed by atoms with Crippen molar-refractivity contribution < 1.29 is 14.8 Å². The molecule has 116 valence electrons. The lowest BCUT2D eigenvalue weighted by Crippen LogP contribution is -2.17. The predicted octanol–water partition coefficient (Wildman–Crippen LogP) is 3.44. The smallest absolute Gasteiger partial charge is 0.306 e. The molecule has 0 spiro atoms. The van der Waals surface area contributed by atoms with Gasteiger partial charge in [-0.3, -0.25) is 14.9 Å². The number of rotatable bonds is 8. The second kappa shape index (κ2) is 7.92. The number of carbonyl (C=O) groups is 1. The molecule has 7 nitrogen and oxygen atoms in total. The molecule has 0 saturated carbocycles. The lowest BCUT2D eigenvalue weighted by molar-refractivity contribution is -0.385. The largest absolute Gasteiger partial charge is 0.481 e. The Labute approximate surface area is 131 Å². The lowest BCUT2D eigenvalue weighted by Gasteiger charge is -2.16. The fourth-order valence-corrected chi connectivity index (χ4v) is 2.24. The minimum absolute atomic E-state index is 0.0737. The van der Waals surface area contributed by atoms with Crippen molar-refractivity contribution in [3.05, 3.63) is 26.9 Å². The summed E-state index contributed by atoms with van der Waals surface area (Å²) in [6, 6.07) is 1.49. The number of hydrogen-bond acceptors (Lipinski definition) is 5. The van der Waals surface area contributed by atoms with E-state index in [2.05, 4.69) is 26.2 Å². The quantitative estimate of drug-likeness (QED) is 0.543. The van der Waals surface area contributed by atoms with Crippen LogP contribution in [0.25, 0.3) is 0 Å². The number of hydrogen-bond donors (Lipinski definition) is 2. The van der Waals surface area contributed by atoms with E-state index in [-0.39, 0.29) is 17.6 Å². The molecule has 0 amide bonds. The van der Waals surface area contributed by atoms with Crippen molar-refractivity contribution in [1.29, 1.82) is 0 Å². The van der Waals surface area contributed by atoms with Gasteiger partial charge in [-0.1, -0.05) is 13.3 Å². The van der Waals surface area contributed by atoms with Crippen LogP contribution in [0.2, 0.25) is 0 Å². The van der Waals surface area contributed by atoms with Crippen LogP contribution in [0.15, 0.2) is 16.7 Å². The van der Waals surface area contributed by atoms with E-state index in [1.54, 1.807) is 6.92 Å². The van der Waals surface area contributed by atoms with Gasteiger partial charge in [0.2, 0.25) is 0 Å². The van der Waals surface area contributed by atoms with Gasteiger partial charge in [-0.05, 0) is 35.7 Å². The number of nitro groups is 1. The minimum Gasteiger partial charge on any atom is -0.481 e. The molecule has 0 aliphatic heterocycles. The van der Waals surface area contributed by atoms with Gasteiger partial charge < -0.3 is 10.4 Å². The number of pyridine rings is 1. The predicted molar refractivity (Wildman–Crippen MR) is 82.3 cm³/mol. The molecule has 21 heavy (non-hydrogen) atoms.